The zero-order chi connectivity index (χ0) is 15.6. The van der Waals surface area contributed by atoms with Crippen LogP contribution in [-0.4, -0.2) is 26.7 Å². The summed E-state index contributed by atoms with van der Waals surface area (Å²) in [6.07, 6.45) is 1.11. The molecule has 0 unspecified atom stereocenters. The Labute approximate surface area is 125 Å². The van der Waals surface area contributed by atoms with Gasteiger partial charge >= 0.3 is 0 Å². The Morgan fingerprint density at radius 3 is 2.29 bits per heavy atom. The standard InChI is InChI=1S/C13H12F2N2O2S2/c1-16-12-10(14)7-11(15)13(17-12)20-8-3-5-9(6-4-8)21(2,18)19/h3-7H,1-2H3,(H,16,17). The van der Waals surface area contributed by atoms with Gasteiger partial charge in [0.05, 0.1) is 4.90 Å². The van der Waals surface area contributed by atoms with Gasteiger partial charge in [0.15, 0.2) is 27.3 Å². The molecule has 0 aliphatic heterocycles. The minimum Gasteiger partial charge on any atom is -0.371 e. The normalized spacial score (nSPS) is 11.4. The zero-order valence-electron chi connectivity index (χ0n) is 11.2. The second-order valence-corrected chi connectivity index (χ2v) is 7.28. The van der Waals surface area contributed by atoms with Crippen LogP contribution in [0.25, 0.3) is 0 Å². The highest BCUT2D eigenvalue weighted by Gasteiger charge is 2.13. The largest absolute Gasteiger partial charge is 0.371 e. The number of benzene rings is 1. The number of pyridine rings is 1. The van der Waals surface area contributed by atoms with E-state index >= 15 is 0 Å². The summed E-state index contributed by atoms with van der Waals surface area (Å²) in [7, 11) is -1.79. The first-order valence-electron chi connectivity index (χ1n) is 5.83. The van der Waals surface area contributed by atoms with Gasteiger partial charge in [0, 0.05) is 24.3 Å². The Balaban J connectivity index is 2.30. The van der Waals surface area contributed by atoms with Crippen molar-refractivity contribution in [3.05, 3.63) is 42.0 Å². The third-order valence-electron chi connectivity index (χ3n) is 2.60. The molecule has 21 heavy (non-hydrogen) atoms. The van der Waals surface area contributed by atoms with Crippen LogP contribution in [-0.2, 0) is 9.84 Å². The molecule has 112 valence electrons. The van der Waals surface area contributed by atoms with E-state index in [1.54, 1.807) is 12.1 Å². The summed E-state index contributed by atoms with van der Waals surface area (Å²) in [5.74, 6) is -1.60. The van der Waals surface area contributed by atoms with E-state index in [2.05, 4.69) is 10.3 Å². The lowest BCUT2D eigenvalue weighted by molar-refractivity contribution is 0.551. The van der Waals surface area contributed by atoms with Gasteiger partial charge < -0.3 is 5.32 Å². The smallest absolute Gasteiger partial charge is 0.175 e. The fourth-order valence-electron chi connectivity index (χ4n) is 1.56. The highest BCUT2D eigenvalue weighted by atomic mass is 32.2. The lowest BCUT2D eigenvalue weighted by Gasteiger charge is -2.07. The highest BCUT2D eigenvalue weighted by Crippen LogP contribution is 2.30. The van der Waals surface area contributed by atoms with E-state index in [0.29, 0.717) is 4.90 Å². The minimum absolute atomic E-state index is 0.00727. The molecule has 0 aliphatic rings. The molecule has 1 N–H and O–H groups in total. The van der Waals surface area contributed by atoms with Crippen molar-refractivity contribution in [1.82, 2.24) is 4.98 Å². The third-order valence-corrected chi connectivity index (χ3v) is 4.72. The number of sulfone groups is 1. The first-order valence-corrected chi connectivity index (χ1v) is 8.54. The van der Waals surface area contributed by atoms with E-state index in [1.807, 2.05) is 0 Å². The number of halogens is 2. The van der Waals surface area contributed by atoms with Gasteiger partial charge in [-0.15, -0.1) is 0 Å². The van der Waals surface area contributed by atoms with Crippen LogP contribution in [0.5, 0.6) is 0 Å². The van der Waals surface area contributed by atoms with Crippen molar-refractivity contribution in [1.29, 1.82) is 0 Å². The molecule has 0 amide bonds. The first-order chi connectivity index (χ1) is 9.81. The molecular weight excluding hydrogens is 318 g/mol. The molecule has 0 spiro atoms. The van der Waals surface area contributed by atoms with Gasteiger partial charge in [-0.2, -0.15) is 0 Å². The molecule has 2 rings (SSSR count). The van der Waals surface area contributed by atoms with Gasteiger partial charge in [-0.3, -0.25) is 0 Å². The number of hydrogen-bond acceptors (Lipinski definition) is 5. The Morgan fingerprint density at radius 1 is 1.14 bits per heavy atom. The molecule has 0 fully saturated rings. The number of aromatic nitrogens is 1. The summed E-state index contributed by atoms with van der Waals surface area (Å²) in [6, 6.07) is 6.71. The average molecular weight is 330 g/mol. The molecule has 1 aromatic carbocycles. The van der Waals surface area contributed by atoms with Gasteiger partial charge in [-0.05, 0) is 24.3 Å². The van der Waals surface area contributed by atoms with Crippen LogP contribution in [0, 0.1) is 11.6 Å². The molecule has 8 heteroatoms. The van der Waals surface area contributed by atoms with Crippen molar-refractivity contribution in [2.45, 2.75) is 14.8 Å². The van der Waals surface area contributed by atoms with Crippen LogP contribution in [0.3, 0.4) is 0 Å². The third kappa shape index (κ3) is 3.70. The number of hydrogen-bond donors (Lipinski definition) is 1. The minimum atomic E-state index is -3.28. The predicted molar refractivity (Wildman–Crippen MR) is 77.4 cm³/mol. The van der Waals surface area contributed by atoms with Gasteiger partial charge in [0.1, 0.15) is 5.03 Å². The Morgan fingerprint density at radius 2 is 1.76 bits per heavy atom. The van der Waals surface area contributed by atoms with Gasteiger partial charge in [-0.1, -0.05) is 11.8 Å². The number of rotatable bonds is 4. The molecule has 0 radical (unpaired) electrons. The lowest BCUT2D eigenvalue weighted by Crippen LogP contribution is -2.00. The molecule has 2 aromatic rings. The summed E-state index contributed by atoms with van der Waals surface area (Å²) in [6.45, 7) is 0. The molecule has 0 saturated carbocycles. The average Bonchev–Trinajstić information content (AvgIpc) is 2.41. The Bertz CT molecular complexity index is 762. The number of nitrogens with one attached hydrogen (secondary N) is 1. The van der Waals surface area contributed by atoms with E-state index in [1.165, 1.54) is 19.2 Å². The second-order valence-electron chi connectivity index (χ2n) is 4.20. The molecule has 1 heterocycles. The summed E-state index contributed by atoms with van der Waals surface area (Å²) in [5, 5.41) is 2.54. The van der Waals surface area contributed by atoms with Crippen LogP contribution in [0.2, 0.25) is 0 Å². The summed E-state index contributed by atoms with van der Waals surface area (Å²) in [4.78, 5) is 4.62. The Hall–Kier alpha value is -1.67. The van der Waals surface area contributed by atoms with Crippen LogP contribution >= 0.6 is 11.8 Å². The molecule has 4 nitrogen and oxygen atoms in total. The van der Waals surface area contributed by atoms with Crippen molar-refractivity contribution in [3.63, 3.8) is 0 Å². The summed E-state index contributed by atoms with van der Waals surface area (Å²) in [5.41, 5.74) is 0. The van der Waals surface area contributed by atoms with Crippen LogP contribution in [0.4, 0.5) is 14.6 Å². The lowest BCUT2D eigenvalue weighted by atomic mass is 10.4. The van der Waals surface area contributed by atoms with Gasteiger partial charge in [0.2, 0.25) is 0 Å². The van der Waals surface area contributed by atoms with E-state index in [-0.39, 0.29) is 15.7 Å². The predicted octanol–water partition coefficient (Wildman–Crippen LogP) is 2.96. The van der Waals surface area contributed by atoms with Crippen molar-refractivity contribution < 1.29 is 17.2 Å². The van der Waals surface area contributed by atoms with Gasteiger partial charge in [-0.25, -0.2) is 22.2 Å². The topological polar surface area (TPSA) is 59.1 Å². The molecule has 1 aromatic heterocycles. The first kappa shape index (κ1) is 15.7. The summed E-state index contributed by atoms with van der Waals surface area (Å²) < 4.78 is 49.7. The zero-order valence-corrected chi connectivity index (χ0v) is 12.9. The Kier molecular flexibility index (Phi) is 4.48. The number of nitrogens with zero attached hydrogens (tertiary/aromatic N) is 1. The van der Waals surface area contributed by atoms with Crippen LogP contribution in [0.15, 0.2) is 45.1 Å². The van der Waals surface area contributed by atoms with E-state index in [9.17, 15) is 17.2 Å². The molecule has 0 bridgehead atoms. The maximum absolute atomic E-state index is 13.7. The maximum atomic E-state index is 13.7. The van der Waals surface area contributed by atoms with Gasteiger partial charge in [0.25, 0.3) is 0 Å². The fraction of sp³-hybridized carbons (Fsp3) is 0.154. The molecule has 0 saturated heterocycles. The van der Waals surface area contributed by atoms with Crippen molar-refractivity contribution in [3.8, 4) is 0 Å². The second kappa shape index (κ2) is 5.98. The van der Waals surface area contributed by atoms with Crippen molar-refractivity contribution in [2.75, 3.05) is 18.6 Å². The van der Waals surface area contributed by atoms with Crippen molar-refractivity contribution in [2.24, 2.45) is 0 Å². The molecular formula is C13H12F2N2O2S2. The van der Waals surface area contributed by atoms with E-state index < -0.39 is 21.5 Å². The highest BCUT2D eigenvalue weighted by molar-refractivity contribution is 7.99. The quantitative estimate of drug-likeness (QED) is 0.934. The van der Waals surface area contributed by atoms with Crippen LogP contribution in [0.1, 0.15) is 0 Å². The van der Waals surface area contributed by atoms with E-state index in [0.717, 1.165) is 24.1 Å². The SMILES string of the molecule is CNc1nc(Sc2ccc(S(C)(=O)=O)cc2)c(F)cc1F. The fourth-order valence-corrected chi connectivity index (χ4v) is 2.98. The molecule has 0 atom stereocenters. The van der Waals surface area contributed by atoms with E-state index in [4.69, 9.17) is 0 Å². The van der Waals surface area contributed by atoms with Crippen molar-refractivity contribution >= 4 is 27.4 Å². The van der Waals surface area contributed by atoms with Crippen LogP contribution < -0.4 is 5.32 Å². The monoisotopic (exact) mass is 330 g/mol. The maximum Gasteiger partial charge on any atom is 0.175 e. The number of anilines is 1. The molecule has 0 aliphatic carbocycles. The summed E-state index contributed by atoms with van der Waals surface area (Å²) >= 11 is 0.984.